The van der Waals surface area contributed by atoms with Gasteiger partial charge in [-0.05, 0) is 18.6 Å². The van der Waals surface area contributed by atoms with Crippen LogP contribution in [0, 0.1) is 0 Å². The predicted octanol–water partition coefficient (Wildman–Crippen LogP) is 0.310. The largest absolute Gasteiger partial charge is 0.318 e. The van der Waals surface area contributed by atoms with Gasteiger partial charge in [-0.3, -0.25) is 9.48 Å². The normalized spacial score (nSPS) is 10.3. The number of rotatable bonds is 4. The number of hydrogen-bond donors (Lipinski definition) is 3. The fraction of sp³-hybridized carbons (Fsp3) is 0.273. The molecule has 2 rings (SSSR count). The Bertz CT molecular complexity index is 575. The van der Waals surface area contributed by atoms with Crippen molar-refractivity contribution in [3.63, 3.8) is 0 Å². The molecule has 100 valence electrons. The molecule has 0 radical (unpaired) electrons. The molecule has 0 spiro atoms. The molecule has 4 N–H and O–H groups in total. The molecule has 0 saturated carbocycles. The first-order valence-corrected chi connectivity index (χ1v) is 5.78. The lowest BCUT2D eigenvalue weighted by molar-refractivity contribution is 0.102. The van der Waals surface area contributed by atoms with E-state index in [1.54, 1.807) is 30.1 Å². The van der Waals surface area contributed by atoms with Gasteiger partial charge in [0.15, 0.2) is 11.5 Å². The van der Waals surface area contributed by atoms with Crippen LogP contribution >= 0.6 is 0 Å². The Morgan fingerprint density at radius 1 is 1.42 bits per heavy atom. The van der Waals surface area contributed by atoms with Crippen molar-refractivity contribution in [2.75, 3.05) is 10.7 Å². The van der Waals surface area contributed by atoms with Crippen molar-refractivity contribution < 1.29 is 4.79 Å². The first-order valence-electron chi connectivity index (χ1n) is 5.78. The van der Waals surface area contributed by atoms with E-state index in [-0.39, 0.29) is 11.6 Å². The lowest BCUT2D eigenvalue weighted by Crippen LogP contribution is -2.16. The van der Waals surface area contributed by atoms with E-state index in [0.717, 1.165) is 12.1 Å². The van der Waals surface area contributed by atoms with Crippen LogP contribution in [0.1, 0.15) is 23.1 Å². The Labute approximate surface area is 110 Å². The molecular weight excluding hydrogens is 246 g/mol. The summed E-state index contributed by atoms with van der Waals surface area (Å²) in [7, 11) is 1.80. The van der Waals surface area contributed by atoms with Gasteiger partial charge in [0, 0.05) is 13.2 Å². The van der Waals surface area contributed by atoms with Gasteiger partial charge in [0.05, 0.1) is 11.4 Å². The third-order valence-electron chi connectivity index (χ3n) is 2.53. The van der Waals surface area contributed by atoms with E-state index >= 15 is 0 Å². The fourth-order valence-corrected chi connectivity index (χ4v) is 1.62. The molecule has 2 aromatic rings. The third kappa shape index (κ3) is 2.86. The standard InChI is InChI=1S/C11H15N7O/c1-3-7-9(6-18(2)17-7)13-11(19)8-4-5-10(14-12)16-15-8/h4-6H,3,12H2,1-2H3,(H,13,19)(H,14,16). The monoisotopic (exact) mass is 261 g/mol. The molecule has 2 aromatic heterocycles. The van der Waals surface area contributed by atoms with Crippen LogP contribution in [0.5, 0.6) is 0 Å². The van der Waals surface area contributed by atoms with Gasteiger partial charge in [-0.2, -0.15) is 5.10 Å². The first kappa shape index (κ1) is 13.0. The Morgan fingerprint density at radius 2 is 2.21 bits per heavy atom. The van der Waals surface area contributed by atoms with E-state index in [1.165, 1.54) is 0 Å². The molecule has 0 aliphatic rings. The van der Waals surface area contributed by atoms with Crippen molar-refractivity contribution >= 4 is 17.4 Å². The van der Waals surface area contributed by atoms with Crippen LogP contribution in [0.15, 0.2) is 18.3 Å². The van der Waals surface area contributed by atoms with Crippen LogP contribution in [0.4, 0.5) is 11.5 Å². The molecule has 0 aromatic carbocycles. The van der Waals surface area contributed by atoms with Gasteiger partial charge in [0.1, 0.15) is 0 Å². The number of nitrogens with zero attached hydrogens (tertiary/aromatic N) is 4. The molecule has 0 saturated heterocycles. The molecule has 19 heavy (non-hydrogen) atoms. The van der Waals surface area contributed by atoms with Crippen molar-refractivity contribution in [2.24, 2.45) is 12.9 Å². The number of carbonyl (C=O) groups is 1. The van der Waals surface area contributed by atoms with Crippen LogP contribution < -0.4 is 16.6 Å². The zero-order valence-electron chi connectivity index (χ0n) is 10.7. The fourth-order valence-electron chi connectivity index (χ4n) is 1.62. The molecular formula is C11H15N7O. The summed E-state index contributed by atoms with van der Waals surface area (Å²) in [5.41, 5.74) is 4.06. The summed E-state index contributed by atoms with van der Waals surface area (Å²) < 4.78 is 1.65. The van der Waals surface area contributed by atoms with Crippen LogP contribution in [0.2, 0.25) is 0 Å². The lowest BCUT2D eigenvalue weighted by Gasteiger charge is -2.03. The number of anilines is 2. The Morgan fingerprint density at radius 3 is 2.79 bits per heavy atom. The van der Waals surface area contributed by atoms with Crippen molar-refractivity contribution in [1.29, 1.82) is 0 Å². The topological polar surface area (TPSA) is 111 Å². The second-order valence-corrected chi connectivity index (χ2v) is 3.92. The molecule has 0 atom stereocenters. The summed E-state index contributed by atoms with van der Waals surface area (Å²) in [6, 6.07) is 3.12. The van der Waals surface area contributed by atoms with Gasteiger partial charge in [0.25, 0.3) is 5.91 Å². The van der Waals surface area contributed by atoms with Crippen molar-refractivity contribution in [1.82, 2.24) is 20.0 Å². The lowest BCUT2D eigenvalue weighted by atomic mass is 10.3. The maximum Gasteiger partial charge on any atom is 0.276 e. The number of nitrogens with two attached hydrogens (primary N) is 1. The van der Waals surface area contributed by atoms with Gasteiger partial charge < -0.3 is 10.7 Å². The maximum atomic E-state index is 12.0. The summed E-state index contributed by atoms with van der Waals surface area (Å²) in [4.78, 5) is 12.0. The Kier molecular flexibility index (Phi) is 3.71. The highest BCUT2D eigenvalue weighted by Gasteiger charge is 2.12. The van der Waals surface area contributed by atoms with Gasteiger partial charge >= 0.3 is 0 Å². The maximum absolute atomic E-state index is 12.0. The quantitative estimate of drug-likeness (QED) is 0.539. The van der Waals surface area contributed by atoms with E-state index in [0.29, 0.717) is 11.5 Å². The number of aromatic nitrogens is 4. The number of hydrogen-bond acceptors (Lipinski definition) is 6. The second kappa shape index (κ2) is 5.44. The van der Waals surface area contributed by atoms with Crippen LogP contribution in [-0.4, -0.2) is 25.9 Å². The van der Waals surface area contributed by atoms with Gasteiger partial charge in [0.2, 0.25) is 0 Å². The summed E-state index contributed by atoms with van der Waals surface area (Å²) in [5, 5.41) is 14.5. The summed E-state index contributed by atoms with van der Waals surface area (Å²) in [5.74, 6) is 5.24. The average molecular weight is 261 g/mol. The van der Waals surface area contributed by atoms with E-state index < -0.39 is 0 Å². The highest BCUT2D eigenvalue weighted by atomic mass is 16.1. The highest BCUT2D eigenvalue weighted by Crippen LogP contribution is 2.14. The van der Waals surface area contributed by atoms with E-state index in [1.807, 2.05) is 6.92 Å². The molecule has 8 heteroatoms. The van der Waals surface area contributed by atoms with E-state index in [2.05, 4.69) is 26.0 Å². The third-order valence-corrected chi connectivity index (χ3v) is 2.53. The smallest absolute Gasteiger partial charge is 0.276 e. The highest BCUT2D eigenvalue weighted by molar-refractivity contribution is 6.03. The van der Waals surface area contributed by atoms with Crippen molar-refractivity contribution in [3.05, 3.63) is 29.7 Å². The molecule has 2 heterocycles. The van der Waals surface area contributed by atoms with Gasteiger partial charge in [-0.1, -0.05) is 6.92 Å². The molecule has 0 aliphatic heterocycles. The minimum atomic E-state index is -0.334. The number of nitrogens with one attached hydrogen (secondary N) is 2. The number of aryl methyl sites for hydroxylation is 2. The second-order valence-electron chi connectivity index (χ2n) is 3.92. The molecule has 8 nitrogen and oxygen atoms in total. The minimum absolute atomic E-state index is 0.213. The van der Waals surface area contributed by atoms with E-state index in [9.17, 15) is 4.79 Å². The number of carbonyl (C=O) groups excluding carboxylic acids is 1. The van der Waals surface area contributed by atoms with Crippen LogP contribution in [0.3, 0.4) is 0 Å². The van der Waals surface area contributed by atoms with Crippen molar-refractivity contribution in [2.45, 2.75) is 13.3 Å². The predicted molar refractivity (Wildman–Crippen MR) is 70.4 cm³/mol. The van der Waals surface area contributed by atoms with Gasteiger partial charge in [-0.15, -0.1) is 10.2 Å². The molecule has 0 fully saturated rings. The van der Waals surface area contributed by atoms with Crippen LogP contribution in [0.25, 0.3) is 0 Å². The number of nitrogen functional groups attached to an aromatic ring is 1. The summed E-state index contributed by atoms with van der Waals surface area (Å²) in [6.45, 7) is 1.97. The van der Waals surface area contributed by atoms with E-state index in [4.69, 9.17) is 5.84 Å². The van der Waals surface area contributed by atoms with Gasteiger partial charge in [-0.25, -0.2) is 5.84 Å². The molecule has 0 aliphatic carbocycles. The zero-order valence-corrected chi connectivity index (χ0v) is 10.7. The minimum Gasteiger partial charge on any atom is -0.318 e. The Hall–Kier alpha value is -2.48. The zero-order chi connectivity index (χ0) is 13.8. The first-order chi connectivity index (χ1) is 9.13. The van der Waals surface area contributed by atoms with Crippen LogP contribution in [-0.2, 0) is 13.5 Å². The Balaban J connectivity index is 2.15. The molecule has 1 amide bonds. The summed E-state index contributed by atoms with van der Waals surface area (Å²) >= 11 is 0. The molecule has 0 bridgehead atoms. The van der Waals surface area contributed by atoms with Crippen molar-refractivity contribution in [3.8, 4) is 0 Å². The molecule has 0 unspecified atom stereocenters. The SMILES string of the molecule is CCc1nn(C)cc1NC(=O)c1ccc(NN)nn1. The average Bonchev–Trinajstić information content (AvgIpc) is 2.78. The number of amides is 1. The summed E-state index contributed by atoms with van der Waals surface area (Å²) in [6.07, 6.45) is 2.48. The number of hydrazine groups is 1.